The van der Waals surface area contributed by atoms with E-state index in [1.165, 1.54) is 11.1 Å². The average Bonchev–Trinajstić information content (AvgIpc) is 2.53. The number of hydrogen-bond donors (Lipinski definition) is 0. The van der Waals surface area contributed by atoms with Crippen molar-refractivity contribution in [2.75, 3.05) is 38.1 Å². The Balaban J connectivity index is 1.76. The number of piperazine rings is 1. The van der Waals surface area contributed by atoms with Crippen molar-refractivity contribution < 1.29 is 0 Å². The topological polar surface area (TPSA) is 32.3 Å². The minimum Gasteiger partial charge on any atom is -0.369 e. The SMILES string of the molecule is CN1CCN(c2ccc3cc4cccnc4nc3c2)CC1. The third-order valence-electron chi connectivity index (χ3n) is 4.24. The molecule has 4 nitrogen and oxygen atoms in total. The van der Waals surface area contributed by atoms with Crippen LogP contribution >= 0.6 is 0 Å². The predicted molar refractivity (Wildman–Crippen MR) is 86.8 cm³/mol. The van der Waals surface area contributed by atoms with Crippen LogP contribution in [0.3, 0.4) is 0 Å². The Kier molecular flexibility index (Phi) is 2.97. The summed E-state index contributed by atoms with van der Waals surface area (Å²) in [6.45, 7) is 4.39. The molecule has 1 fully saturated rings. The molecule has 0 saturated carbocycles. The first-order valence-electron chi connectivity index (χ1n) is 7.39. The van der Waals surface area contributed by atoms with Crippen LogP contribution in [-0.2, 0) is 0 Å². The maximum Gasteiger partial charge on any atom is 0.159 e. The number of likely N-dealkylation sites (N-methyl/N-ethyl adjacent to an activating group) is 1. The molecule has 106 valence electrons. The van der Waals surface area contributed by atoms with Gasteiger partial charge in [0.05, 0.1) is 5.52 Å². The monoisotopic (exact) mass is 278 g/mol. The second kappa shape index (κ2) is 4.97. The maximum atomic E-state index is 4.70. The molecule has 0 aliphatic carbocycles. The largest absolute Gasteiger partial charge is 0.369 e. The fourth-order valence-corrected chi connectivity index (χ4v) is 2.91. The van der Waals surface area contributed by atoms with Gasteiger partial charge in [0.15, 0.2) is 5.65 Å². The normalized spacial score (nSPS) is 16.7. The summed E-state index contributed by atoms with van der Waals surface area (Å²) >= 11 is 0. The van der Waals surface area contributed by atoms with Gasteiger partial charge in [-0.2, -0.15) is 0 Å². The van der Waals surface area contributed by atoms with E-state index in [1.54, 1.807) is 6.20 Å². The Morgan fingerprint density at radius 3 is 2.67 bits per heavy atom. The van der Waals surface area contributed by atoms with E-state index in [1.807, 2.05) is 6.07 Å². The number of hydrogen-bond acceptors (Lipinski definition) is 4. The van der Waals surface area contributed by atoms with Crippen molar-refractivity contribution in [2.45, 2.75) is 0 Å². The van der Waals surface area contributed by atoms with E-state index in [0.29, 0.717) is 0 Å². The summed E-state index contributed by atoms with van der Waals surface area (Å²) in [5.74, 6) is 0. The minimum absolute atomic E-state index is 0.820. The maximum absolute atomic E-state index is 4.70. The van der Waals surface area contributed by atoms with E-state index in [2.05, 4.69) is 52.2 Å². The minimum atomic E-state index is 0.820. The first kappa shape index (κ1) is 12.5. The molecule has 1 aliphatic heterocycles. The van der Waals surface area contributed by atoms with Gasteiger partial charge >= 0.3 is 0 Å². The number of nitrogens with zero attached hydrogens (tertiary/aromatic N) is 4. The Hall–Kier alpha value is -2.20. The third-order valence-corrected chi connectivity index (χ3v) is 4.24. The van der Waals surface area contributed by atoms with Gasteiger partial charge in [0.25, 0.3) is 0 Å². The standard InChI is InChI=1S/C17H18N4/c1-20-7-9-21(10-8-20)15-5-4-13-11-14-3-2-6-18-17(14)19-16(13)12-15/h2-6,11-12H,7-10H2,1H3. The lowest BCUT2D eigenvalue weighted by molar-refractivity contribution is 0.313. The van der Waals surface area contributed by atoms with Crippen LogP contribution in [0.25, 0.3) is 21.9 Å². The smallest absolute Gasteiger partial charge is 0.159 e. The van der Waals surface area contributed by atoms with Crippen molar-refractivity contribution in [3.63, 3.8) is 0 Å². The molecule has 4 rings (SSSR count). The van der Waals surface area contributed by atoms with Crippen LogP contribution in [0.1, 0.15) is 0 Å². The number of benzene rings is 1. The summed E-state index contributed by atoms with van der Waals surface area (Å²) in [6, 6.07) is 12.7. The molecule has 0 N–H and O–H groups in total. The Labute approximate surface area is 124 Å². The molecule has 1 saturated heterocycles. The highest BCUT2D eigenvalue weighted by Gasteiger charge is 2.14. The zero-order valence-corrected chi connectivity index (χ0v) is 12.2. The van der Waals surface area contributed by atoms with Crippen LogP contribution in [0.2, 0.25) is 0 Å². The van der Waals surface area contributed by atoms with Crippen LogP contribution in [-0.4, -0.2) is 48.1 Å². The summed E-state index contributed by atoms with van der Waals surface area (Å²) in [7, 11) is 2.18. The zero-order chi connectivity index (χ0) is 14.2. The number of pyridine rings is 2. The Morgan fingerprint density at radius 1 is 0.952 bits per heavy atom. The lowest BCUT2D eigenvalue weighted by Crippen LogP contribution is -2.44. The quantitative estimate of drug-likeness (QED) is 0.640. The predicted octanol–water partition coefficient (Wildman–Crippen LogP) is 2.53. The zero-order valence-electron chi connectivity index (χ0n) is 12.2. The van der Waals surface area contributed by atoms with Gasteiger partial charge in [-0.25, -0.2) is 9.97 Å². The highest BCUT2D eigenvalue weighted by Crippen LogP contribution is 2.24. The summed E-state index contributed by atoms with van der Waals surface area (Å²) in [4.78, 5) is 13.9. The van der Waals surface area contributed by atoms with Gasteiger partial charge in [-0.05, 0) is 37.4 Å². The first-order valence-corrected chi connectivity index (χ1v) is 7.39. The third kappa shape index (κ3) is 2.32. The molecular weight excluding hydrogens is 260 g/mol. The first-order chi connectivity index (χ1) is 10.3. The number of anilines is 1. The van der Waals surface area contributed by atoms with Crippen LogP contribution in [0.15, 0.2) is 42.6 Å². The van der Waals surface area contributed by atoms with Gasteiger partial charge in [-0.1, -0.05) is 6.07 Å². The number of aromatic nitrogens is 2. The molecule has 0 spiro atoms. The van der Waals surface area contributed by atoms with E-state index < -0.39 is 0 Å². The van der Waals surface area contributed by atoms with Crippen molar-refractivity contribution >= 4 is 27.6 Å². The molecule has 1 aromatic carbocycles. The van der Waals surface area contributed by atoms with Crippen molar-refractivity contribution in [1.29, 1.82) is 0 Å². The highest BCUT2D eigenvalue weighted by atomic mass is 15.2. The van der Waals surface area contributed by atoms with E-state index in [9.17, 15) is 0 Å². The Bertz CT molecular complexity index is 791. The second-order valence-electron chi connectivity index (χ2n) is 5.71. The molecular formula is C17H18N4. The van der Waals surface area contributed by atoms with E-state index in [0.717, 1.165) is 42.7 Å². The Morgan fingerprint density at radius 2 is 1.81 bits per heavy atom. The molecule has 0 radical (unpaired) electrons. The number of rotatable bonds is 1. The van der Waals surface area contributed by atoms with Gasteiger partial charge in [0.2, 0.25) is 0 Å². The molecule has 4 heteroatoms. The molecule has 21 heavy (non-hydrogen) atoms. The van der Waals surface area contributed by atoms with Crippen molar-refractivity contribution in [1.82, 2.24) is 14.9 Å². The van der Waals surface area contributed by atoms with Gasteiger partial charge < -0.3 is 9.80 Å². The molecule has 3 heterocycles. The summed E-state index contributed by atoms with van der Waals surface area (Å²) < 4.78 is 0. The number of fused-ring (bicyclic) bond motifs is 2. The van der Waals surface area contributed by atoms with Gasteiger partial charge in [0, 0.05) is 48.8 Å². The fraction of sp³-hybridized carbons (Fsp3) is 0.294. The lowest BCUT2D eigenvalue weighted by Gasteiger charge is -2.34. The van der Waals surface area contributed by atoms with Crippen molar-refractivity contribution in [3.05, 3.63) is 42.6 Å². The molecule has 3 aromatic rings. The molecule has 0 atom stereocenters. The van der Waals surface area contributed by atoms with Gasteiger partial charge in [0.1, 0.15) is 0 Å². The molecule has 1 aliphatic rings. The fourth-order valence-electron chi connectivity index (χ4n) is 2.91. The molecule has 0 amide bonds. The second-order valence-corrected chi connectivity index (χ2v) is 5.71. The molecule has 0 unspecified atom stereocenters. The molecule has 2 aromatic heterocycles. The van der Waals surface area contributed by atoms with E-state index in [4.69, 9.17) is 4.98 Å². The summed E-state index contributed by atoms with van der Waals surface area (Å²) in [6.07, 6.45) is 1.80. The van der Waals surface area contributed by atoms with Crippen molar-refractivity contribution in [3.8, 4) is 0 Å². The van der Waals surface area contributed by atoms with E-state index >= 15 is 0 Å². The van der Waals surface area contributed by atoms with E-state index in [-0.39, 0.29) is 0 Å². The van der Waals surface area contributed by atoms with Crippen LogP contribution in [0, 0.1) is 0 Å². The van der Waals surface area contributed by atoms with Gasteiger partial charge in [-0.15, -0.1) is 0 Å². The summed E-state index contributed by atoms with van der Waals surface area (Å²) in [5.41, 5.74) is 3.11. The highest BCUT2D eigenvalue weighted by molar-refractivity contribution is 5.92. The molecule has 0 bridgehead atoms. The van der Waals surface area contributed by atoms with Crippen LogP contribution in [0.5, 0.6) is 0 Å². The lowest BCUT2D eigenvalue weighted by atomic mass is 10.1. The van der Waals surface area contributed by atoms with Crippen LogP contribution in [0.4, 0.5) is 5.69 Å². The van der Waals surface area contributed by atoms with Crippen molar-refractivity contribution in [2.24, 2.45) is 0 Å². The summed E-state index contributed by atoms with van der Waals surface area (Å²) in [5, 5.41) is 2.27. The van der Waals surface area contributed by atoms with Gasteiger partial charge in [-0.3, -0.25) is 0 Å². The van der Waals surface area contributed by atoms with Crippen LogP contribution < -0.4 is 4.90 Å². The average molecular weight is 278 g/mol.